The van der Waals surface area contributed by atoms with Gasteiger partial charge >= 0.3 is 0 Å². The second-order valence-corrected chi connectivity index (χ2v) is 6.04. The first-order chi connectivity index (χ1) is 11.8. The maximum absolute atomic E-state index is 12.2. The molecule has 7 nitrogen and oxygen atoms in total. The lowest BCUT2D eigenvalue weighted by Crippen LogP contribution is -2.32. The number of hydrogen-bond donors (Lipinski definition) is 2. The molecule has 0 fully saturated rings. The fourth-order valence-corrected chi connectivity index (χ4v) is 2.14. The molecule has 0 atom stereocenters. The summed E-state index contributed by atoms with van der Waals surface area (Å²) < 4.78 is 0. The van der Waals surface area contributed by atoms with E-state index in [-0.39, 0.29) is 11.7 Å². The minimum Gasteiger partial charge on any atom is -0.349 e. The highest BCUT2D eigenvalue weighted by Crippen LogP contribution is 2.15. The van der Waals surface area contributed by atoms with Crippen molar-refractivity contribution in [3.05, 3.63) is 47.3 Å². The Labute approximate surface area is 147 Å². The van der Waals surface area contributed by atoms with Gasteiger partial charge in [-0.05, 0) is 58.3 Å². The molecule has 0 aliphatic carbocycles. The average molecular weight is 341 g/mol. The van der Waals surface area contributed by atoms with Crippen molar-refractivity contribution < 1.29 is 9.59 Å². The molecule has 25 heavy (non-hydrogen) atoms. The van der Waals surface area contributed by atoms with E-state index in [1.54, 1.807) is 30.3 Å². The molecule has 1 heterocycles. The summed E-state index contributed by atoms with van der Waals surface area (Å²) in [6.45, 7) is 4.63. The molecule has 1 aromatic heterocycles. The van der Waals surface area contributed by atoms with Crippen LogP contribution in [0.5, 0.6) is 0 Å². The number of nitrogens with zero attached hydrogens (tertiary/aromatic N) is 3. The van der Waals surface area contributed by atoms with E-state index in [2.05, 4.69) is 20.6 Å². The van der Waals surface area contributed by atoms with Crippen molar-refractivity contribution >= 4 is 23.3 Å². The molecular weight excluding hydrogens is 318 g/mol. The monoisotopic (exact) mass is 341 g/mol. The van der Waals surface area contributed by atoms with Gasteiger partial charge in [-0.25, -0.2) is 9.97 Å². The predicted molar refractivity (Wildman–Crippen MR) is 97.4 cm³/mol. The smallest absolute Gasteiger partial charge is 0.270 e. The fourth-order valence-electron chi connectivity index (χ4n) is 2.14. The third-order valence-electron chi connectivity index (χ3n) is 3.48. The number of Topliss-reactive ketones (excluding diaryl/α,β-unsaturated/α-hetero) is 1. The van der Waals surface area contributed by atoms with Crippen LogP contribution >= 0.6 is 0 Å². The first-order valence-corrected chi connectivity index (χ1v) is 8.02. The number of benzene rings is 1. The van der Waals surface area contributed by atoms with Crippen LogP contribution in [0.4, 0.5) is 11.6 Å². The number of likely N-dealkylation sites (N-methyl/N-ethyl adjacent to an activating group) is 1. The number of amides is 1. The molecule has 0 aliphatic rings. The molecule has 0 spiro atoms. The van der Waals surface area contributed by atoms with Gasteiger partial charge in [-0.3, -0.25) is 9.59 Å². The maximum Gasteiger partial charge on any atom is 0.270 e. The summed E-state index contributed by atoms with van der Waals surface area (Å²) in [4.78, 5) is 34.1. The molecule has 7 heteroatoms. The van der Waals surface area contributed by atoms with E-state index in [1.165, 1.54) is 6.92 Å². The van der Waals surface area contributed by atoms with Gasteiger partial charge < -0.3 is 15.5 Å². The quantitative estimate of drug-likeness (QED) is 0.749. The molecule has 1 amide bonds. The number of nitrogens with one attached hydrogen (secondary N) is 2. The summed E-state index contributed by atoms with van der Waals surface area (Å²) in [6, 6.07) is 8.66. The van der Waals surface area contributed by atoms with Crippen LogP contribution in [0.1, 0.15) is 33.5 Å². The van der Waals surface area contributed by atoms with Crippen LogP contribution in [-0.4, -0.2) is 53.7 Å². The number of carbonyl (C=O) groups excluding carboxylic acids is 2. The SMILES string of the molecule is CC(=O)c1ccc(Nc2nc(C)cc(C(=O)NCCN(C)C)n2)cc1. The van der Waals surface area contributed by atoms with E-state index in [1.807, 2.05) is 25.9 Å². The van der Waals surface area contributed by atoms with E-state index in [0.717, 1.165) is 12.2 Å². The summed E-state index contributed by atoms with van der Waals surface area (Å²) in [5, 5.41) is 5.89. The van der Waals surface area contributed by atoms with E-state index >= 15 is 0 Å². The number of ketones is 1. The number of aromatic nitrogens is 2. The minimum absolute atomic E-state index is 0.00929. The third-order valence-corrected chi connectivity index (χ3v) is 3.48. The van der Waals surface area contributed by atoms with Gasteiger partial charge in [0, 0.05) is 30.0 Å². The summed E-state index contributed by atoms with van der Waals surface area (Å²) in [5.74, 6) is 0.116. The highest BCUT2D eigenvalue weighted by Gasteiger charge is 2.11. The topological polar surface area (TPSA) is 87.2 Å². The molecule has 2 aromatic rings. The van der Waals surface area contributed by atoms with Gasteiger partial charge in [0.15, 0.2) is 5.78 Å². The van der Waals surface area contributed by atoms with Gasteiger partial charge in [0.2, 0.25) is 5.95 Å². The second kappa shape index (κ2) is 8.34. The molecule has 0 saturated heterocycles. The second-order valence-electron chi connectivity index (χ2n) is 6.04. The van der Waals surface area contributed by atoms with Gasteiger partial charge in [-0.15, -0.1) is 0 Å². The first-order valence-electron chi connectivity index (χ1n) is 8.02. The van der Waals surface area contributed by atoms with E-state index in [0.29, 0.717) is 29.4 Å². The Morgan fingerprint density at radius 1 is 1.12 bits per heavy atom. The fraction of sp³-hybridized carbons (Fsp3) is 0.333. The summed E-state index contributed by atoms with van der Waals surface area (Å²) in [5.41, 5.74) is 2.39. The number of hydrogen-bond acceptors (Lipinski definition) is 6. The summed E-state index contributed by atoms with van der Waals surface area (Å²) >= 11 is 0. The van der Waals surface area contributed by atoms with Gasteiger partial charge in [0.1, 0.15) is 5.69 Å². The van der Waals surface area contributed by atoms with Crippen molar-refractivity contribution in [2.45, 2.75) is 13.8 Å². The van der Waals surface area contributed by atoms with Gasteiger partial charge in [0.25, 0.3) is 5.91 Å². The molecule has 0 unspecified atom stereocenters. The van der Waals surface area contributed by atoms with E-state index < -0.39 is 0 Å². The van der Waals surface area contributed by atoms with Crippen molar-refractivity contribution in [3.8, 4) is 0 Å². The number of aryl methyl sites for hydroxylation is 1. The lowest BCUT2D eigenvalue weighted by Gasteiger charge is -2.11. The Morgan fingerprint density at radius 2 is 1.80 bits per heavy atom. The predicted octanol–water partition coefficient (Wildman–Crippen LogP) is 2.02. The molecular formula is C18H23N5O2. The maximum atomic E-state index is 12.2. The molecule has 2 rings (SSSR count). The Hall–Kier alpha value is -2.80. The molecule has 0 bridgehead atoms. The van der Waals surface area contributed by atoms with Crippen LogP contribution in [-0.2, 0) is 0 Å². The van der Waals surface area contributed by atoms with Crippen molar-refractivity contribution in [3.63, 3.8) is 0 Å². The molecule has 0 radical (unpaired) electrons. The van der Waals surface area contributed by atoms with Gasteiger partial charge in [0.05, 0.1) is 0 Å². The number of rotatable bonds is 7. The average Bonchev–Trinajstić information content (AvgIpc) is 2.54. The minimum atomic E-state index is -0.234. The van der Waals surface area contributed by atoms with Crippen molar-refractivity contribution in [2.24, 2.45) is 0 Å². The lowest BCUT2D eigenvalue weighted by molar-refractivity contribution is 0.0945. The van der Waals surface area contributed by atoms with Crippen LogP contribution in [0, 0.1) is 6.92 Å². The van der Waals surface area contributed by atoms with Gasteiger partial charge in [-0.1, -0.05) is 0 Å². The molecule has 1 aromatic carbocycles. The zero-order valence-electron chi connectivity index (χ0n) is 15.0. The Balaban J connectivity index is 2.10. The largest absolute Gasteiger partial charge is 0.349 e. The van der Waals surface area contributed by atoms with Crippen LogP contribution in [0.3, 0.4) is 0 Å². The van der Waals surface area contributed by atoms with Crippen LogP contribution < -0.4 is 10.6 Å². The lowest BCUT2D eigenvalue weighted by atomic mass is 10.1. The standard InChI is InChI=1S/C18H23N5O2/c1-12-11-16(17(25)19-9-10-23(3)4)22-18(20-12)21-15-7-5-14(6-8-15)13(2)24/h5-8,11H,9-10H2,1-4H3,(H,19,25)(H,20,21,22). The van der Waals surface area contributed by atoms with Crippen molar-refractivity contribution in [2.75, 3.05) is 32.5 Å². The normalized spacial score (nSPS) is 10.6. The van der Waals surface area contributed by atoms with Crippen LogP contribution in [0.2, 0.25) is 0 Å². The molecule has 2 N–H and O–H groups in total. The first kappa shape index (κ1) is 18.5. The van der Waals surface area contributed by atoms with E-state index in [4.69, 9.17) is 0 Å². The Bertz CT molecular complexity index is 757. The summed E-state index contributed by atoms with van der Waals surface area (Å²) in [6.07, 6.45) is 0. The van der Waals surface area contributed by atoms with E-state index in [9.17, 15) is 9.59 Å². The highest BCUT2D eigenvalue weighted by atomic mass is 16.2. The highest BCUT2D eigenvalue weighted by molar-refractivity contribution is 5.94. The summed E-state index contributed by atoms with van der Waals surface area (Å²) in [7, 11) is 3.89. The van der Waals surface area contributed by atoms with Crippen molar-refractivity contribution in [1.82, 2.24) is 20.2 Å². The number of anilines is 2. The zero-order chi connectivity index (χ0) is 18.4. The van der Waals surface area contributed by atoms with Crippen LogP contribution in [0.25, 0.3) is 0 Å². The third kappa shape index (κ3) is 5.65. The Morgan fingerprint density at radius 3 is 2.40 bits per heavy atom. The molecule has 132 valence electrons. The number of carbonyl (C=O) groups is 2. The Kier molecular flexibility index (Phi) is 6.19. The molecule has 0 aliphatic heterocycles. The zero-order valence-corrected chi connectivity index (χ0v) is 15.0. The van der Waals surface area contributed by atoms with Crippen molar-refractivity contribution in [1.29, 1.82) is 0 Å². The van der Waals surface area contributed by atoms with Gasteiger partial charge in [-0.2, -0.15) is 0 Å². The van der Waals surface area contributed by atoms with Crippen LogP contribution in [0.15, 0.2) is 30.3 Å². The molecule has 0 saturated carbocycles.